The maximum atomic E-state index is 12.5. The molecule has 1 aliphatic heterocycles. The first kappa shape index (κ1) is 26.0. The zero-order chi connectivity index (χ0) is 24.9. The molecule has 1 atom stereocenters. The Morgan fingerprint density at radius 1 is 1.00 bits per heavy atom. The van der Waals surface area contributed by atoms with E-state index in [0.717, 1.165) is 24.1 Å². The third-order valence-corrected chi connectivity index (χ3v) is 6.27. The zero-order valence-corrected chi connectivity index (χ0v) is 19.6. The quantitative estimate of drug-likeness (QED) is 0.192. The standard InChI is InChI=1S/C23H26F3NO6S/c1-3-31-22(32-4-2)14-7-16-5-10-18(11-6-16)27-20(15-21(27)28)17-8-12-19(13-9-17)33-34(29,30)23(24,25)26/h5-6,8-13,20,22H,3-4,7,14-15H2,1-2H3. The van der Waals surface area contributed by atoms with E-state index in [2.05, 4.69) is 4.18 Å². The van der Waals surface area contributed by atoms with Crippen LogP contribution in [0.3, 0.4) is 0 Å². The molecular weight excluding hydrogens is 475 g/mol. The molecule has 2 aromatic carbocycles. The molecule has 0 saturated carbocycles. The lowest BCUT2D eigenvalue weighted by atomic mass is 9.92. The second kappa shape index (κ2) is 10.7. The SMILES string of the molecule is CCOC(CCc1ccc(N2C(=O)CC2c2ccc(OS(=O)(=O)C(F)(F)F)cc2)cc1)OCC. The first-order chi connectivity index (χ1) is 16.1. The van der Waals surface area contributed by atoms with Crippen LogP contribution in [-0.4, -0.2) is 39.3 Å². The highest BCUT2D eigenvalue weighted by Crippen LogP contribution is 2.39. The molecule has 1 fully saturated rings. The molecular formula is C23H26F3NO6S. The summed E-state index contributed by atoms with van der Waals surface area (Å²) in [4.78, 5) is 13.9. The number of ether oxygens (including phenoxy) is 2. The summed E-state index contributed by atoms with van der Waals surface area (Å²) in [6.45, 7) is 4.94. The van der Waals surface area contributed by atoms with Crippen LogP contribution in [0.2, 0.25) is 0 Å². The van der Waals surface area contributed by atoms with Crippen LogP contribution in [-0.2, 0) is 30.8 Å². The van der Waals surface area contributed by atoms with Gasteiger partial charge in [-0.3, -0.25) is 4.79 Å². The summed E-state index contributed by atoms with van der Waals surface area (Å²) >= 11 is 0. The minimum Gasteiger partial charge on any atom is -0.376 e. The van der Waals surface area contributed by atoms with E-state index in [1.54, 1.807) is 4.90 Å². The van der Waals surface area contributed by atoms with E-state index in [9.17, 15) is 26.4 Å². The van der Waals surface area contributed by atoms with Crippen LogP contribution in [0.1, 0.15) is 43.9 Å². The van der Waals surface area contributed by atoms with E-state index in [4.69, 9.17) is 9.47 Å². The van der Waals surface area contributed by atoms with Gasteiger partial charge >= 0.3 is 15.6 Å². The van der Waals surface area contributed by atoms with Crippen molar-refractivity contribution >= 4 is 21.7 Å². The third-order valence-electron chi connectivity index (χ3n) is 5.29. The van der Waals surface area contributed by atoms with Crippen LogP contribution in [0.25, 0.3) is 0 Å². The predicted molar refractivity (Wildman–Crippen MR) is 119 cm³/mol. The Balaban J connectivity index is 1.65. The second-order valence-electron chi connectivity index (χ2n) is 7.58. The van der Waals surface area contributed by atoms with Crippen molar-refractivity contribution in [2.24, 2.45) is 0 Å². The molecule has 0 N–H and O–H groups in total. The van der Waals surface area contributed by atoms with Gasteiger partial charge < -0.3 is 18.6 Å². The molecule has 1 aliphatic rings. The van der Waals surface area contributed by atoms with Crippen molar-refractivity contribution in [3.05, 3.63) is 59.7 Å². The van der Waals surface area contributed by atoms with Gasteiger partial charge in [0.05, 0.1) is 12.5 Å². The van der Waals surface area contributed by atoms with E-state index in [-0.39, 0.29) is 24.7 Å². The Labute approximate surface area is 196 Å². The fraction of sp³-hybridized carbons (Fsp3) is 0.435. The summed E-state index contributed by atoms with van der Waals surface area (Å²) in [6.07, 6.45) is 1.40. The molecule has 7 nitrogen and oxygen atoms in total. The van der Waals surface area contributed by atoms with Crippen molar-refractivity contribution in [3.63, 3.8) is 0 Å². The van der Waals surface area contributed by atoms with Crippen LogP contribution in [0.5, 0.6) is 5.75 Å². The maximum absolute atomic E-state index is 12.5. The Morgan fingerprint density at radius 3 is 2.09 bits per heavy atom. The second-order valence-corrected chi connectivity index (χ2v) is 9.12. The van der Waals surface area contributed by atoms with Gasteiger partial charge in [0.25, 0.3) is 0 Å². The first-order valence-electron chi connectivity index (χ1n) is 10.8. The summed E-state index contributed by atoms with van der Waals surface area (Å²) in [7, 11) is -5.74. The van der Waals surface area contributed by atoms with E-state index >= 15 is 0 Å². The number of anilines is 1. The number of carbonyl (C=O) groups is 1. The number of aryl methyl sites for hydroxylation is 1. The molecule has 186 valence electrons. The van der Waals surface area contributed by atoms with Gasteiger partial charge in [0, 0.05) is 25.3 Å². The summed E-state index contributed by atoms with van der Waals surface area (Å²) < 4.78 is 75.0. The summed E-state index contributed by atoms with van der Waals surface area (Å²) in [5, 5.41) is 0. The highest BCUT2D eigenvalue weighted by Gasteiger charge is 2.48. The highest BCUT2D eigenvalue weighted by atomic mass is 32.2. The van der Waals surface area contributed by atoms with E-state index in [1.807, 2.05) is 38.1 Å². The van der Waals surface area contributed by atoms with Crippen molar-refractivity contribution in [3.8, 4) is 5.75 Å². The molecule has 11 heteroatoms. The summed E-state index contributed by atoms with van der Waals surface area (Å²) in [5.74, 6) is -0.550. The van der Waals surface area contributed by atoms with Gasteiger partial charge in [0.1, 0.15) is 5.75 Å². The Kier molecular flexibility index (Phi) is 8.21. The lowest BCUT2D eigenvalue weighted by Crippen LogP contribution is -2.46. The topological polar surface area (TPSA) is 82.1 Å². The van der Waals surface area contributed by atoms with Gasteiger partial charge in [0.15, 0.2) is 6.29 Å². The molecule has 0 aliphatic carbocycles. The largest absolute Gasteiger partial charge is 0.534 e. The number of rotatable bonds is 11. The minimum absolute atomic E-state index is 0.0921. The number of benzene rings is 2. The van der Waals surface area contributed by atoms with Gasteiger partial charge in [0.2, 0.25) is 5.91 Å². The third kappa shape index (κ3) is 6.08. The summed E-state index contributed by atoms with van der Waals surface area (Å²) in [6, 6.07) is 12.4. The average Bonchev–Trinajstić information content (AvgIpc) is 2.77. The van der Waals surface area contributed by atoms with E-state index < -0.39 is 21.4 Å². The van der Waals surface area contributed by atoms with Crippen molar-refractivity contribution in [1.29, 1.82) is 0 Å². The normalized spacial score (nSPS) is 16.6. The van der Waals surface area contributed by atoms with Gasteiger partial charge in [-0.1, -0.05) is 24.3 Å². The molecule has 0 aromatic heterocycles. The van der Waals surface area contributed by atoms with Crippen molar-refractivity contribution in [2.45, 2.75) is 51.0 Å². The van der Waals surface area contributed by atoms with Crippen LogP contribution in [0, 0.1) is 0 Å². The summed E-state index contributed by atoms with van der Waals surface area (Å²) in [5.41, 5.74) is -3.11. The van der Waals surface area contributed by atoms with Crippen molar-refractivity contribution < 1.29 is 40.0 Å². The lowest BCUT2D eigenvalue weighted by Gasteiger charge is -2.41. The van der Waals surface area contributed by atoms with Crippen molar-refractivity contribution in [1.82, 2.24) is 0 Å². The van der Waals surface area contributed by atoms with Crippen LogP contribution >= 0.6 is 0 Å². The van der Waals surface area contributed by atoms with E-state index in [0.29, 0.717) is 30.9 Å². The van der Waals surface area contributed by atoms with Crippen LogP contribution in [0.4, 0.5) is 18.9 Å². The number of halogens is 3. The fourth-order valence-electron chi connectivity index (χ4n) is 3.62. The Bertz CT molecular complexity index is 1070. The van der Waals surface area contributed by atoms with Gasteiger partial charge in [-0.15, -0.1) is 0 Å². The molecule has 1 unspecified atom stereocenters. The van der Waals surface area contributed by atoms with Gasteiger partial charge in [-0.05, 0) is 55.7 Å². The monoisotopic (exact) mass is 501 g/mol. The van der Waals surface area contributed by atoms with Crippen LogP contribution in [0.15, 0.2) is 48.5 Å². The molecule has 2 aromatic rings. The Morgan fingerprint density at radius 2 is 1.59 bits per heavy atom. The Hall–Kier alpha value is -2.63. The molecule has 34 heavy (non-hydrogen) atoms. The average molecular weight is 502 g/mol. The number of carbonyl (C=O) groups excluding carboxylic acids is 1. The molecule has 0 bridgehead atoms. The fourth-order valence-corrected chi connectivity index (χ4v) is 4.08. The number of β-lactam (4-membered cyclic amide) rings is 1. The molecule has 1 amide bonds. The van der Waals surface area contributed by atoms with E-state index in [1.165, 1.54) is 12.1 Å². The number of amides is 1. The minimum atomic E-state index is -5.74. The smallest absolute Gasteiger partial charge is 0.376 e. The molecule has 1 heterocycles. The number of hydrogen-bond donors (Lipinski definition) is 0. The molecule has 3 rings (SSSR count). The number of nitrogens with zero attached hydrogens (tertiary/aromatic N) is 1. The lowest BCUT2D eigenvalue weighted by molar-refractivity contribution is -0.139. The maximum Gasteiger partial charge on any atom is 0.534 e. The first-order valence-corrected chi connectivity index (χ1v) is 12.2. The van der Waals surface area contributed by atoms with Crippen LogP contribution < -0.4 is 9.08 Å². The zero-order valence-electron chi connectivity index (χ0n) is 18.7. The van der Waals surface area contributed by atoms with Crippen molar-refractivity contribution in [2.75, 3.05) is 18.1 Å². The number of alkyl halides is 3. The van der Waals surface area contributed by atoms with Gasteiger partial charge in [-0.25, -0.2) is 0 Å². The molecule has 0 radical (unpaired) electrons. The van der Waals surface area contributed by atoms with Gasteiger partial charge in [-0.2, -0.15) is 21.6 Å². The molecule has 0 spiro atoms. The highest BCUT2D eigenvalue weighted by molar-refractivity contribution is 7.88. The number of hydrogen-bond acceptors (Lipinski definition) is 6. The predicted octanol–water partition coefficient (Wildman–Crippen LogP) is 4.72. The molecule has 1 saturated heterocycles.